The molecule has 0 saturated heterocycles. The van der Waals surface area contributed by atoms with Crippen molar-refractivity contribution in [1.82, 2.24) is 0 Å². The molecule has 0 aliphatic heterocycles. The first-order valence-corrected chi connectivity index (χ1v) is 7.08. The second kappa shape index (κ2) is 5.71. The van der Waals surface area contributed by atoms with E-state index in [1.807, 2.05) is 6.92 Å². The molecule has 0 aromatic rings. The van der Waals surface area contributed by atoms with Crippen molar-refractivity contribution in [2.75, 3.05) is 11.5 Å². The van der Waals surface area contributed by atoms with Gasteiger partial charge in [0.2, 0.25) is 0 Å². The molecule has 86 valence electrons. The smallest absolute Gasteiger partial charge is 0.150 e. The third kappa shape index (κ3) is 4.96. The van der Waals surface area contributed by atoms with Gasteiger partial charge in [0.1, 0.15) is 9.84 Å². The maximum atomic E-state index is 11.3. The van der Waals surface area contributed by atoms with E-state index in [1.54, 1.807) is 6.92 Å². The molecule has 2 N–H and O–H groups in total. The molecule has 0 aliphatic rings. The Labute approximate surface area is 88.0 Å². The lowest BCUT2D eigenvalue weighted by Gasteiger charge is -2.24. The maximum absolute atomic E-state index is 11.3. The van der Waals surface area contributed by atoms with Crippen molar-refractivity contribution in [3.05, 3.63) is 0 Å². The van der Waals surface area contributed by atoms with Gasteiger partial charge in [-0.25, -0.2) is 8.42 Å². The van der Waals surface area contributed by atoms with Crippen LogP contribution in [0.1, 0.15) is 34.1 Å². The van der Waals surface area contributed by atoms with Crippen LogP contribution in [0.3, 0.4) is 0 Å². The van der Waals surface area contributed by atoms with Gasteiger partial charge in [0.05, 0.1) is 5.75 Å². The highest BCUT2D eigenvalue weighted by atomic mass is 32.2. The van der Waals surface area contributed by atoms with Crippen LogP contribution >= 0.6 is 0 Å². The highest BCUT2D eigenvalue weighted by Gasteiger charge is 2.20. The van der Waals surface area contributed by atoms with Gasteiger partial charge in [-0.2, -0.15) is 0 Å². The molecule has 0 amide bonds. The zero-order chi connectivity index (χ0) is 11.4. The topological polar surface area (TPSA) is 60.2 Å². The molecule has 2 atom stereocenters. The highest BCUT2D eigenvalue weighted by Crippen LogP contribution is 2.19. The zero-order valence-electron chi connectivity index (χ0n) is 9.66. The summed E-state index contributed by atoms with van der Waals surface area (Å²) in [5.41, 5.74) is 5.81. The molecular formula is C10H23NO2S. The van der Waals surface area contributed by atoms with Gasteiger partial charge >= 0.3 is 0 Å². The molecular weight excluding hydrogens is 198 g/mol. The van der Waals surface area contributed by atoms with Crippen LogP contribution in [0, 0.1) is 11.8 Å². The Kier molecular flexibility index (Phi) is 5.67. The Hall–Kier alpha value is -0.0900. The minimum atomic E-state index is -2.84. The van der Waals surface area contributed by atoms with E-state index >= 15 is 0 Å². The minimum absolute atomic E-state index is 0.0713. The molecule has 0 saturated carbocycles. The Balaban J connectivity index is 4.21. The highest BCUT2D eigenvalue weighted by molar-refractivity contribution is 7.91. The van der Waals surface area contributed by atoms with Crippen LogP contribution < -0.4 is 5.73 Å². The molecule has 4 heteroatoms. The zero-order valence-corrected chi connectivity index (χ0v) is 10.5. The molecule has 0 rings (SSSR count). The first kappa shape index (κ1) is 13.9. The van der Waals surface area contributed by atoms with E-state index in [-0.39, 0.29) is 17.5 Å². The van der Waals surface area contributed by atoms with Gasteiger partial charge in [0, 0.05) is 11.8 Å². The quantitative estimate of drug-likeness (QED) is 0.738. The molecule has 0 bridgehead atoms. The van der Waals surface area contributed by atoms with Gasteiger partial charge in [0.15, 0.2) is 0 Å². The van der Waals surface area contributed by atoms with E-state index in [4.69, 9.17) is 5.73 Å². The van der Waals surface area contributed by atoms with E-state index in [0.29, 0.717) is 18.3 Å². The summed E-state index contributed by atoms with van der Waals surface area (Å²) in [5, 5.41) is 0. The molecule has 0 aromatic carbocycles. The minimum Gasteiger partial charge on any atom is -0.328 e. The van der Waals surface area contributed by atoms with Gasteiger partial charge in [-0.05, 0) is 25.2 Å². The lowest BCUT2D eigenvalue weighted by atomic mass is 9.88. The van der Waals surface area contributed by atoms with E-state index in [0.717, 1.165) is 0 Å². The average Bonchev–Trinajstić information content (AvgIpc) is 2.03. The number of sulfone groups is 1. The summed E-state index contributed by atoms with van der Waals surface area (Å²) >= 11 is 0. The molecule has 0 spiro atoms. The van der Waals surface area contributed by atoms with Crippen LogP contribution in [0.2, 0.25) is 0 Å². The standard InChI is InChI=1S/C10H23NO2S/c1-5-14(12,13)7-6-10(8(2)3)9(4)11/h8-10H,5-7,11H2,1-4H3. The third-order valence-electron chi connectivity index (χ3n) is 2.73. The molecule has 0 radical (unpaired) electrons. The monoisotopic (exact) mass is 221 g/mol. The van der Waals surface area contributed by atoms with Crippen molar-refractivity contribution in [2.45, 2.75) is 40.2 Å². The SMILES string of the molecule is CCS(=O)(=O)CCC(C(C)C)C(C)N. The van der Waals surface area contributed by atoms with Crippen LogP contribution in [-0.4, -0.2) is 26.0 Å². The Morgan fingerprint density at radius 3 is 2.00 bits per heavy atom. The average molecular weight is 221 g/mol. The Morgan fingerprint density at radius 2 is 1.71 bits per heavy atom. The normalized spacial score (nSPS) is 17.0. The summed E-state index contributed by atoms with van der Waals surface area (Å²) in [4.78, 5) is 0. The van der Waals surface area contributed by atoms with E-state index in [1.165, 1.54) is 0 Å². The predicted octanol–water partition coefficient (Wildman–Crippen LogP) is 1.43. The third-order valence-corrected chi connectivity index (χ3v) is 4.47. The van der Waals surface area contributed by atoms with Crippen LogP contribution in [0.5, 0.6) is 0 Å². The second-order valence-corrected chi connectivity index (χ2v) is 6.76. The number of hydrogen-bond donors (Lipinski definition) is 1. The van der Waals surface area contributed by atoms with Crippen molar-refractivity contribution < 1.29 is 8.42 Å². The van der Waals surface area contributed by atoms with E-state index < -0.39 is 9.84 Å². The number of rotatable bonds is 6. The van der Waals surface area contributed by atoms with E-state index in [2.05, 4.69) is 13.8 Å². The summed E-state index contributed by atoms with van der Waals surface area (Å²) < 4.78 is 22.6. The molecule has 0 aliphatic carbocycles. The number of hydrogen-bond acceptors (Lipinski definition) is 3. The first-order chi connectivity index (χ1) is 6.30. The molecule has 3 nitrogen and oxygen atoms in total. The summed E-state index contributed by atoms with van der Waals surface area (Å²) in [6.45, 7) is 7.81. The molecule has 2 unspecified atom stereocenters. The van der Waals surface area contributed by atoms with Gasteiger partial charge in [-0.15, -0.1) is 0 Å². The van der Waals surface area contributed by atoms with Gasteiger partial charge in [-0.1, -0.05) is 20.8 Å². The van der Waals surface area contributed by atoms with Gasteiger partial charge in [0.25, 0.3) is 0 Å². The first-order valence-electron chi connectivity index (χ1n) is 5.26. The van der Waals surface area contributed by atoms with Crippen LogP contribution in [0.25, 0.3) is 0 Å². The van der Waals surface area contributed by atoms with E-state index in [9.17, 15) is 8.42 Å². The van der Waals surface area contributed by atoms with Gasteiger partial charge < -0.3 is 5.73 Å². The maximum Gasteiger partial charge on any atom is 0.150 e. The van der Waals surface area contributed by atoms with Crippen molar-refractivity contribution in [1.29, 1.82) is 0 Å². The van der Waals surface area contributed by atoms with Gasteiger partial charge in [-0.3, -0.25) is 0 Å². The lowest BCUT2D eigenvalue weighted by molar-refractivity contribution is 0.323. The summed E-state index contributed by atoms with van der Waals surface area (Å²) in [7, 11) is -2.84. The Morgan fingerprint density at radius 1 is 1.21 bits per heavy atom. The molecule has 0 fully saturated rings. The van der Waals surface area contributed by atoms with Crippen LogP contribution in [0.4, 0.5) is 0 Å². The number of nitrogens with two attached hydrogens (primary N) is 1. The van der Waals surface area contributed by atoms with Crippen LogP contribution in [-0.2, 0) is 9.84 Å². The summed E-state index contributed by atoms with van der Waals surface area (Å²) in [5.74, 6) is 1.25. The largest absolute Gasteiger partial charge is 0.328 e. The van der Waals surface area contributed by atoms with Crippen molar-refractivity contribution in [2.24, 2.45) is 17.6 Å². The lowest BCUT2D eigenvalue weighted by Crippen LogP contribution is -2.32. The molecule has 0 aromatic heterocycles. The Bertz CT molecular complexity index is 237. The molecule has 14 heavy (non-hydrogen) atoms. The molecule has 0 heterocycles. The fourth-order valence-corrected chi connectivity index (χ4v) is 2.58. The predicted molar refractivity (Wildman–Crippen MR) is 60.9 cm³/mol. The van der Waals surface area contributed by atoms with Crippen LogP contribution in [0.15, 0.2) is 0 Å². The fourth-order valence-electron chi connectivity index (χ4n) is 1.66. The summed E-state index contributed by atoms with van der Waals surface area (Å²) in [6, 6.07) is 0.0713. The second-order valence-electron chi connectivity index (χ2n) is 4.29. The summed E-state index contributed by atoms with van der Waals surface area (Å²) in [6.07, 6.45) is 0.686. The van der Waals surface area contributed by atoms with Crippen molar-refractivity contribution >= 4 is 9.84 Å². The fraction of sp³-hybridized carbons (Fsp3) is 1.00. The van der Waals surface area contributed by atoms with Crippen molar-refractivity contribution in [3.8, 4) is 0 Å². The van der Waals surface area contributed by atoms with Crippen molar-refractivity contribution in [3.63, 3.8) is 0 Å².